The summed E-state index contributed by atoms with van der Waals surface area (Å²) in [4.78, 5) is 20.1. The van der Waals surface area contributed by atoms with E-state index in [1.54, 1.807) is 30.3 Å². The van der Waals surface area contributed by atoms with Crippen LogP contribution < -0.4 is 5.32 Å². The Bertz CT molecular complexity index is 1040. The van der Waals surface area contributed by atoms with Crippen LogP contribution >= 0.6 is 11.6 Å². The zero-order chi connectivity index (χ0) is 20.5. The Morgan fingerprint density at radius 3 is 2.39 bits per heavy atom. The first kappa shape index (κ1) is 19.6. The first-order valence-corrected chi connectivity index (χ1v) is 8.35. The summed E-state index contributed by atoms with van der Waals surface area (Å²) in [6.07, 6.45) is -4.65. The van der Waals surface area contributed by atoms with Gasteiger partial charge in [0.15, 0.2) is 5.82 Å². The predicted octanol–water partition coefficient (Wildman–Crippen LogP) is 5.57. The number of aryl methyl sites for hydroxylation is 1. The van der Waals surface area contributed by atoms with Gasteiger partial charge in [0, 0.05) is 11.3 Å². The summed E-state index contributed by atoms with van der Waals surface area (Å²) >= 11 is 5.63. The van der Waals surface area contributed by atoms with Crippen molar-refractivity contribution in [3.8, 4) is 11.4 Å². The first-order valence-electron chi connectivity index (χ1n) is 7.98. The fraction of sp³-hybridized carbons (Fsp3) is 0.105. The van der Waals surface area contributed by atoms with Crippen LogP contribution in [0.5, 0.6) is 0 Å². The van der Waals surface area contributed by atoms with Crippen molar-refractivity contribution >= 4 is 29.1 Å². The lowest BCUT2D eigenvalue weighted by atomic mass is 10.1. The summed E-state index contributed by atoms with van der Waals surface area (Å²) in [6.45, 7) is 1.49. The van der Waals surface area contributed by atoms with Gasteiger partial charge < -0.3 is 10.4 Å². The highest BCUT2D eigenvalue weighted by molar-refractivity contribution is 6.31. The molecule has 0 saturated heterocycles. The van der Waals surface area contributed by atoms with Crippen LogP contribution in [-0.2, 0) is 6.18 Å². The molecule has 0 saturated carbocycles. The Hall–Kier alpha value is -3.13. The monoisotopic (exact) mass is 407 g/mol. The summed E-state index contributed by atoms with van der Waals surface area (Å²) in [6, 6.07) is 12.0. The van der Waals surface area contributed by atoms with E-state index in [4.69, 9.17) is 11.6 Å². The summed E-state index contributed by atoms with van der Waals surface area (Å²) < 4.78 is 39.3. The van der Waals surface area contributed by atoms with Gasteiger partial charge in [-0.05, 0) is 25.1 Å². The molecule has 3 rings (SSSR count). The van der Waals surface area contributed by atoms with Crippen molar-refractivity contribution in [3.63, 3.8) is 0 Å². The second-order valence-corrected chi connectivity index (χ2v) is 6.25. The second-order valence-electron chi connectivity index (χ2n) is 5.84. The van der Waals surface area contributed by atoms with Gasteiger partial charge in [0.1, 0.15) is 11.4 Å². The van der Waals surface area contributed by atoms with E-state index in [0.717, 1.165) is 12.1 Å². The van der Waals surface area contributed by atoms with Gasteiger partial charge in [-0.25, -0.2) is 14.8 Å². The third-order valence-electron chi connectivity index (χ3n) is 3.87. The lowest BCUT2D eigenvalue weighted by Crippen LogP contribution is -2.11. The highest BCUT2D eigenvalue weighted by Gasteiger charge is 2.33. The molecule has 1 heterocycles. The van der Waals surface area contributed by atoms with Crippen molar-refractivity contribution in [2.24, 2.45) is 0 Å². The predicted molar refractivity (Wildman–Crippen MR) is 98.9 cm³/mol. The molecule has 3 aromatic rings. The van der Waals surface area contributed by atoms with Crippen LogP contribution in [0.2, 0.25) is 5.02 Å². The quantitative estimate of drug-likeness (QED) is 0.591. The van der Waals surface area contributed by atoms with E-state index in [9.17, 15) is 23.1 Å². The number of carbonyl (C=O) groups is 1. The normalized spacial score (nSPS) is 11.3. The van der Waals surface area contributed by atoms with Crippen molar-refractivity contribution in [2.75, 3.05) is 5.32 Å². The molecule has 2 N–H and O–H groups in total. The van der Waals surface area contributed by atoms with E-state index in [1.165, 1.54) is 13.0 Å². The molecule has 0 aliphatic rings. The summed E-state index contributed by atoms with van der Waals surface area (Å²) in [5, 5.41) is 11.7. The lowest BCUT2D eigenvalue weighted by molar-refractivity contribution is -0.137. The zero-order valence-electron chi connectivity index (χ0n) is 14.4. The molecule has 0 fully saturated rings. The van der Waals surface area contributed by atoms with Crippen LogP contribution in [0.15, 0.2) is 48.5 Å². The Kier molecular flexibility index (Phi) is 5.24. The van der Waals surface area contributed by atoms with E-state index >= 15 is 0 Å². The summed E-state index contributed by atoms with van der Waals surface area (Å²) in [5.74, 6) is -1.17. The molecule has 0 aliphatic carbocycles. The molecule has 0 bridgehead atoms. The van der Waals surface area contributed by atoms with Gasteiger partial charge in [0.2, 0.25) is 0 Å². The summed E-state index contributed by atoms with van der Waals surface area (Å²) in [5.41, 5.74) is -0.462. The molecular formula is C19H13ClF3N3O2. The fourth-order valence-electron chi connectivity index (χ4n) is 2.59. The van der Waals surface area contributed by atoms with Gasteiger partial charge >= 0.3 is 12.1 Å². The molecule has 0 unspecified atom stereocenters. The Balaban J connectivity index is 2.11. The number of nitrogens with one attached hydrogen (secondary N) is 1. The highest BCUT2D eigenvalue weighted by Crippen LogP contribution is 2.37. The molecule has 5 nitrogen and oxygen atoms in total. The van der Waals surface area contributed by atoms with Crippen LogP contribution in [0.1, 0.15) is 21.6 Å². The third-order valence-corrected chi connectivity index (χ3v) is 4.20. The number of nitrogens with zero attached hydrogens (tertiary/aromatic N) is 2. The largest absolute Gasteiger partial charge is 0.477 e. The number of alkyl halides is 3. The number of aromatic carboxylic acids is 1. The van der Waals surface area contributed by atoms with Crippen molar-refractivity contribution < 1.29 is 23.1 Å². The maximum Gasteiger partial charge on any atom is 0.417 e. The SMILES string of the molecule is Cc1nc(-c2ccccc2)nc(Nc2ccc(Cl)c(C(F)(F)F)c2)c1C(=O)O. The number of hydrogen-bond donors (Lipinski definition) is 2. The molecule has 0 amide bonds. The van der Waals surface area contributed by atoms with E-state index < -0.39 is 22.7 Å². The van der Waals surface area contributed by atoms with Gasteiger partial charge in [-0.15, -0.1) is 0 Å². The zero-order valence-corrected chi connectivity index (χ0v) is 15.1. The van der Waals surface area contributed by atoms with Gasteiger partial charge in [-0.2, -0.15) is 13.2 Å². The molecule has 144 valence electrons. The summed E-state index contributed by atoms with van der Waals surface area (Å²) in [7, 11) is 0. The fourth-order valence-corrected chi connectivity index (χ4v) is 2.82. The van der Waals surface area contributed by atoms with Crippen LogP contribution in [0.25, 0.3) is 11.4 Å². The number of anilines is 2. The average Bonchev–Trinajstić information content (AvgIpc) is 2.62. The Labute approximate surface area is 162 Å². The first-order chi connectivity index (χ1) is 13.2. The second kappa shape index (κ2) is 7.47. The van der Waals surface area contributed by atoms with Crippen LogP contribution in [0.4, 0.5) is 24.7 Å². The molecule has 0 spiro atoms. The molecule has 0 atom stereocenters. The van der Waals surface area contributed by atoms with Crippen molar-refractivity contribution in [3.05, 3.63) is 70.4 Å². The molecule has 2 aromatic carbocycles. The minimum Gasteiger partial charge on any atom is -0.477 e. The number of rotatable bonds is 4. The Morgan fingerprint density at radius 2 is 1.79 bits per heavy atom. The number of benzene rings is 2. The van der Waals surface area contributed by atoms with E-state index in [0.29, 0.717) is 5.56 Å². The molecule has 28 heavy (non-hydrogen) atoms. The topological polar surface area (TPSA) is 75.1 Å². The number of aromatic nitrogens is 2. The average molecular weight is 408 g/mol. The van der Waals surface area contributed by atoms with Crippen molar-refractivity contribution in [1.29, 1.82) is 0 Å². The smallest absolute Gasteiger partial charge is 0.417 e. The molecule has 1 aromatic heterocycles. The maximum atomic E-state index is 13.1. The maximum absolute atomic E-state index is 13.1. The van der Waals surface area contributed by atoms with E-state index in [1.807, 2.05) is 0 Å². The van der Waals surface area contributed by atoms with Crippen LogP contribution in [0, 0.1) is 6.92 Å². The minimum atomic E-state index is -4.65. The van der Waals surface area contributed by atoms with E-state index in [2.05, 4.69) is 15.3 Å². The standard InChI is InChI=1S/C19H13ClF3N3O2/c1-10-15(18(27)28)17(26-16(24-10)11-5-3-2-4-6-11)25-12-7-8-14(20)13(9-12)19(21,22)23/h2-9H,1H3,(H,27,28)(H,24,25,26). The molecule has 9 heteroatoms. The van der Waals surface area contributed by atoms with Gasteiger partial charge in [0.25, 0.3) is 0 Å². The van der Waals surface area contributed by atoms with Crippen molar-refractivity contribution in [1.82, 2.24) is 9.97 Å². The van der Waals surface area contributed by atoms with E-state index in [-0.39, 0.29) is 28.6 Å². The Morgan fingerprint density at radius 1 is 1.11 bits per heavy atom. The highest BCUT2D eigenvalue weighted by atomic mass is 35.5. The van der Waals surface area contributed by atoms with Gasteiger partial charge in [-0.3, -0.25) is 0 Å². The number of carboxylic acids is 1. The molecule has 0 aliphatic heterocycles. The van der Waals surface area contributed by atoms with Gasteiger partial charge in [0.05, 0.1) is 16.3 Å². The van der Waals surface area contributed by atoms with Gasteiger partial charge in [-0.1, -0.05) is 41.9 Å². The number of halogens is 4. The lowest BCUT2D eigenvalue weighted by Gasteiger charge is -2.15. The molecular weight excluding hydrogens is 395 g/mol. The van der Waals surface area contributed by atoms with Crippen molar-refractivity contribution in [2.45, 2.75) is 13.1 Å². The molecule has 0 radical (unpaired) electrons. The van der Waals surface area contributed by atoms with Crippen LogP contribution in [0.3, 0.4) is 0 Å². The number of carboxylic acid groups (broad SMARTS) is 1. The minimum absolute atomic E-state index is 0.00339. The number of hydrogen-bond acceptors (Lipinski definition) is 4. The third kappa shape index (κ3) is 4.07. The van der Waals surface area contributed by atoms with Crippen LogP contribution in [-0.4, -0.2) is 21.0 Å².